The fraction of sp³-hybridized carbons (Fsp3) is 0.457. The van der Waals surface area contributed by atoms with E-state index >= 15 is 4.39 Å². The molecule has 3 amide bonds. The number of hydrazine groups is 2. The van der Waals surface area contributed by atoms with E-state index in [4.69, 9.17) is 43.3 Å². The molecule has 0 aromatic carbocycles. The first-order valence-electron chi connectivity index (χ1n) is 17.2. The monoisotopic (exact) mass is 874 g/mol. The lowest BCUT2D eigenvalue weighted by Crippen LogP contribution is -2.57. The lowest BCUT2D eigenvalue weighted by molar-refractivity contribution is -0.00704. The van der Waals surface area contributed by atoms with E-state index in [1.165, 1.54) is 16.9 Å². The molecule has 0 unspecified atom stereocenters. The lowest BCUT2D eigenvalue weighted by atomic mass is 10.2. The second-order valence-electron chi connectivity index (χ2n) is 14.8. The van der Waals surface area contributed by atoms with Crippen LogP contribution in [0.5, 0.6) is 0 Å². The Morgan fingerprint density at radius 1 is 0.684 bits per heavy atom. The van der Waals surface area contributed by atoms with E-state index in [2.05, 4.69) is 36.0 Å². The summed E-state index contributed by atoms with van der Waals surface area (Å²) in [5.74, 6) is 2.02. The molecule has 57 heavy (non-hydrogen) atoms. The molecule has 0 aliphatic carbocycles. The van der Waals surface area contributed by atoms with Crippen LogP contribution in [-0.2, 0) is 27.1 Å². The van der Waals surface area contributed by atoms with Crippen molar-refractivity contribution in [1.29, 1.82) is 0 Å². The second-order valence-corrected chi connectivity index (χ2v) is 17.0. The van der Waals surface area contributed by atoms with Crippen LogP contribution < -0.4 is 26.9 Å². The summed E-state index contributed by atoms with van der Waals surface area (Å²) in [5, 5.41) is 13.5. The summed E-state index contributed by atoms with van der Waals surface area (Å²) in [5.41, 5.74) is 1.01. The molecule has 0 bridgehead atoms. The molecule has 16 nitrogen and oxygen atoms in total. The highest BCUT2D eigenvalue weighted by molar-refractivity contribution is 7.08. The number of nitrogens with two attached hydrogens (primary N) is 1. The number of rotatable bonds is 10. The summed E-state index contributed by atoms with van der Waals surface area (Å²) in [6.07, 6.45) is -2.70. The Kier molecular flexibility index (Phi) is 16.5. The molecule has 4 rings (SSSR count). The molecule has 22 heteroatoms. The maximum absolute atomic E-state index is 15.9. The number of imide groups is 1. The zero-order valence-corrected chi connectivity index (χ0v) is 36.0. The number of carbonyl (C=O) groups is 3. The number of amides is 3. The molecule has 4 heterocycles. The van der Waals surface area contributed by atoms with Crippen LogP contribution in [0, 0.1) is 11.6 Å². The molecule has 0 saturated heterocycles. The number of nitrogens with one attached hydrogen (secondary N) is 3. The maximum Gasteiger partial charge on any atom is 0.440 e. The van der Waals surface area contributed by atoms with Gasteiger partial charge in [0.1, 0.15) is 16.8 Å². The van der Waals surface area contributed by atoms with Gasteiger partial charge in [0.25, 0.3) is 0 Å². The number of halogens is 4. The van der Waals surface area contributed by atoms with Gasteiger partial charge in [-0.1, -0.05) is 0 Å². The van der Waals surface area contributed by atoms with Gasteiger partial charge in [-0.25, -0.2) is 20.2 Å². The van der Waals surface area contributed by atoms with Gasteiger partial charge in [0.05, 0.1) is 0 Å². The normalized spacial score (nSPS) is 11.5. The Hall–Kier alpha value is -4.63. The summed E-state index contributed by atoms with van der Waals surface area (Å²) >= 11 is 14.9. The van der Waals surface area contributed by atoms with Crippen molar-refractivity contribution in [3.8, 4) is 0 Å². The van der Waals surface area contributed by atoms with E-state index in [0.29, 0.717) is 18.0 Å². The molecule has 0 aliphatic heterocycles. The summed E-state index contributed by atoms with van der Waals surface area (Å²) in [6, 6.07) is 3.94. The van der Waals surface area contributed by atoms with E-state index in [1.807, 2.05) is 33.7 Å². The van der Waals surface area contributed by atoms with Crippen molar-refractivity contribution in [2.45, 2.75) is 92.0 Å². The van der Waals surface area contributed by atoms with Crippen molar-refractivity contribution in [1.82, 2.24) is 24.9 Å². The van der Waals surface area contributed by atoms with Gasteiger partial charge in [-0.15, -0.1) is 10.0 Å². The number of nitrogen functional groups attached to an aromatic ring is 1. The minimum atomic E-state index is -1.34. The summed E-state index contributed by atoms with van der Waals surface area (Å²) in [4.78, 5) is 55.1. The molecular weight excluding hydrogens is 829 g/mol. The predicted molar refractivity (Wildman–Crippen MR) is 218 cm³/mol. The van der Waals surface area contributed by atoms with E-state index in [0.717, 1.165) is 12.0 Å². The lowest BCUT2D eigenvalue weighted by Gasteiger charge is -2.35. The highest BCUT2D eigenvalue weighted by Crippen LogP contribution is 2.30. The topological polar surface area (TPSA) is 199 Å². The fourth-order valence-corrected chi connectivity index (χ4v) is 5.98. The van der Waals surface area contributed by atoms with Crippen LogP contribution in [-0.4, -0.2) is 73.1 Å². The van der Waals surface area contributed by atoms with Crippen molar-refractivity contribution in [3.63, 3.8) is 0 Å². The minimum absolute atomic E-state index is 0.0400. The molecular formula is C35H46Cl2F2N10O6S2. The van der Waals surface area contributed by atoms with Gasteiger partial charge in [-0.05, 0) is 143 Å². The van der Waals surface area contributed by atoms with Gasteiger partial charge < -0.3 is 30.3 Å². The van der Waals surface area contributed by atoms with Crippen molar-refractivity contribution in [3.05, 3.63) is 67.0 Å². The first kappa shape index (κ1) is 46.8. The standard InChI is InChI=1S/C25H35ClFN5O6S.C10H11ClFN5S/c1-23(2,3)36-20(33)31(32(21(34)37-24(4,5)6)22(35)38-25(7,8)9)18-16(27)17(29-19(26)30-18)28-12-10-15-11-13-39-14-15;11-10-15-8(7(12)9(16-10)17-13)14-3-1-6-2-4-18-5-6/h11,13-14H,10,12H2,1-9H3,(H,28,29,30);2,4-5H,1,3,13H2,(H2,14,15,16,17). The number of ether oxygens (including phenoxy) is 3. The van der Waals surface area contributed by atoms with Gasteiger partial charge in [-0.2, -0.15) is 51.4 Å². The summed E-state index contributed by atoms with van der Waals surface area (Å²) in [7, 11) is 0. The van der Waals surface area contributed by atoms with Crippen molar-refractivity contribution < 1.29 is 37.4 Å². The van der Waals surface area contributed by atoms with Crippen LogP contribution in [0.1, 0.15) is 73.4 Å². The van der Waals surface area contributed by atoms with Crippen LogP contribution in [0.25, 0.3) is 0 Å². The summed E-state index contributed by atoms with van der Waals surface area (Å²) < 4.78 is 45.7. The van der Waals surface area contributed by atoms with Gasteiger partial charge in [0, 0.05) is 13.1 Å². The Morgan fingerprint density at radius 2 is 1.09 bits per heavy atom. The quantitative estimate of drug-likeness (QED) is 0.0509. The first-order valence-corrected chi connectivity index (χ1v) is 19.8. The van der Waals surface area contributed by atoms with Crippen LogP contribution >= 0.6 is 45.9 Å². The maximum atomic E-state index is 15.9. The number of nitrogens with zero attached hydrogens (tertiary/aromatic N) is 6. The van der Waals surface area contributed by atoms with E-state index < -0.39 is 57.8 Å². The Labute approximate surface area is 347 Å². The van der Waals surface area contributed by atoms with E-state index in [9.17, 15) is 18.8 Å². The number of thiophene rings is 2. The molecule has 312 valence electrons. The van der Waals surface area contributed by atoms with Crippen LogP contribution in [0.15, 0.2) is 33.7 Å². The van der Waals surface area contributed by atoms with Gasteiger partial charge in [0.15, 0.2) is 17.5 Å². The fourth-order valence-electron chi connectivity index (χ4n) is 4.24. The third-order valence-corrected chi connectivity index (χ3v) is 8.24. The van der Waals surface area contributed by atoms with Crippen molar-refractivity contribution in [2.75, 3.05) is 34.2 Å². The Morgan fingerprint density at radius 3 is 1.49 bits per heavy atom. The van der Waals surface area contributed by atoms with Crippen LogP contribution in [0.4, 0.5) is 46.4 Å². The second kappa shape index (κ2) is 20.2. The molecule has 4 aromatic heterocycles. The predicted octanol–water partition coefficient (Wildman–Crippen LogP) is 9.08. The first-order chi connectivity index (χ1) is 26.5. The highest BCUT2D eigenvalue weighted by Gasteiger charge is 2.44. The molecule has 4 aromatic rings. The zero-order chi connectivity index (χ0) is 42.7. The Balaban J connectivity index is 0.000000400. The highest BCUT2D eigenvalue weighted by atomic mass is 35.5. The number of anilines is 4. The minimum Gasteiger partial charge on any atom is -0.442 e. The van der Waals surface area contributed by atoms with E-state index in [-0.39, 0.29) is 34.3 Å². The Bertz CT molecular complexity index is 1930. The molecule has 0 saturated carbocycles. The molecule has 0 atom stereocenters. The molecule has 5 N–H and O–H groups in total. The number of carbonyl (C=O) groups excluding carboxylic acids is 3. The largest absolute Gasteiger partial charge is 0.442 e. The van der Waals surface area contributed by atoms with Crippen LogP contribution in [0.3, 0.4) is 0 Å². The van der Waals surface area contributed by atoms with Crippen molar-refractivity contribution in [2.24, 2.45) is 5.84 Å². The molecule has 0 fully saturated rings. The number of hydrogen-bond donors (Lipinski definition) is 4. The average Bonchev–Trinajstić information content (AvgIpc) is 3.79. The molecule has 0 radical (unpaired) electrons. The average molecular weight is 876 g/mol. The number of aromatic nitrogens is 4. The van der Waals surface area contributed by atoms with Crippen molar-refractivity contribution >= 4 is 87.4 Å². The van der Waals surface area contributed by atoms with E-state index in [1.54, 1.807) is 73.7 Å². The third kappa shape index (κ3) is 15.3. The van der Waals surface area contributed by atoms with Gasteiger partial charge in [0.2, 0.25) is 28.0 Å². The van der Waals surface area contributed by atoms with Crippen LogP contribution in [0.2, 0.25) is 10.6 Å². The zero-order valence-electron chi connectivity index (χ0n) is 32.8. The summed E-state index contributed by atoms with van der Waals surface area (Å²) in [6.45, 7) is 14.8. The SMILES string of the molecule is CC(C)(C)OC(=O)N(C(=O)OC(C)(C)C)N(C(=O)OC(C)(C)C)c1nc(Cl)nc(NCCc2ccsc2)c1F.NNc1nc(Cl)nc(NCCc2ccsc2)c1F. The molecule has 0 aliphatic rings. The molecule has 0 spiro atoms. The van der Waals surface area contributed by atoms with Gasteiger partial charge >= 0.3 is 18.3 Å². The number of hydrogen-bond acceptors (Lipinski definition) is 16. The third-order valence-electron chi connectivity index (χ3n) is 6.44. The smallest absolute Gasteiger partial charge is 0.440 e. The van der Waals surface area contributed by atoms with Gasteiger partial charge in [-0.3, -0.25) is 0 Å².